The Morgan fingerprint density at radius 2 is 1.82 bits per heavy atom. The summed E-state index contributed by atoms with van der Waals surface area (Å²) >= 11 is 1.39. The van der Waals surface area contributed by atoms with E-state index in [1.807, 2.05) is 53.1 Å². The van der Waals surface area contributed by atoms with E-state index in [0.717, 1.165) is 17.7 Å². The fraction of sp³-hybridized carbons (Fsp3) is 0.400. The maximum Gasteiger partial charge on any atom is 0.230 e. The summed E-state index contributed by atoms with van der Waals surface area (Å²) in [5.41, 5.74) is 1.77. The van der Waals surface area contributed by atoms with Crippen molar-refractivity contribution in [1.82, 2.24) is 20.1 Å². The van der Waals surface area contributed by atoms with Crippen molar-refractivity contribution in [2.75, 3.05) is 20.0 Å². The van der Waals surface area contributed by atoms with Gasteiger partial charge < -0.3 is 14.8 Å². The molecule has 8 heteroatoms. The molecule has 1 fully saturated rings. The van der Waals surface area contributed by atoms with Gasteiger partial charge in [-0.05, 0) is 49.1 Å². The molecule has 7 nitrogen and oxygen atoms in total. The zero-order valence-electron chi connectivity index (χ0n) is 19.3. The second-order valence-electron chi connectivity index (χ2n) is 8.27. The molecule has 174 valence electrons. The third kappa shape index (κ3) is 5.33. The second-order valence-corrected chi connectivity index (χ2v) is 9.21. The lowest BCUT2D eigenvalue weighted by atomic mass is 9.86. The van der Waals surface area contributed by atoms with Crippen molar-refractivity contribution in [1.29, 1.82) is 0 Å². The number of methoxy groups -OCH3 is 2. The minimum Gasteiger partial charge on any atom is -0.493 e. The molecule has 33 heavy (non-hydrogen) atoms. The fourth-order valence-electron chi connectivity index (χ4n) is 4.24. The van der Waals surface area contributed by atoms with Crippen LogP contribution in [-0.4, -0.2) is 46.7 Å². The Morgan fingerprint density at radius 1 is 1.06 bits per heavy atom. The summed E-state index contributed by atoms with van der Waals surface area (Å²) in [5, 5.41) is 12.8. The molecule has 1 N–H and O–H groups in total. The summed E-state index contributed by atoms with van der Waals surface area (Å²) in [6.45, 7) is 2.22. The topological polar surface area (TPSA) is 78.3 Å². The molecule has 1 saturated carbocycles. The van der Waals surface area contributed by atoms with E-state index in [2.05, 4.69) is 22.4 Å². The summed E-state index contributed by atoms with van der Waals surface area (Å²) in [6.07, 6.45) is 4.66. The van der Waals surface area contributed by atoms with E-state index in [0.29, 0.717) is 34.2 Å². The summed E-state index contributed by atoms with van der Waals surface area (Å²) in [6, 6.07) is 15.8. The van der Waals surface area contributed by atoms with Crippen molar-refractivity contribution in [2.24, 2.45) is 5.92 Å². The van der Waals surface area contributed by atoms with Gasteiger partial charge in [0, 0.05) is 17.3 Å². The molecule has 3 aromatic rings. The number of nitrogens with one attached hydrogen (secondary N) is 1. The number of ether oxygens (including phenoxy) is 2. The number of carbonyl (C=O) groups is 1. The van der Waals surface area contributed by atoms with E-state index in [1.165, 1.54) is 31.0 Å². The minimum atomic E-state index is 0.0361. The lowest BCUT2D eigenvalue weighted by molar-refractivity contribution is -0.119. The predicted molar refractivity (Wildman–Crippen MR) is 130 cm³/mol. The lowest BCUT2D eigenvalue weighted by Crippen LogP contribution is -2.41. The number of nitrogens with zero attached hydrogens (tertiary/aromatic N) is 3. The highest BCUT2D eigenvalue weighted by Gasteiger charge is 2.24. The van der Waals surface area contributed by atoms with Crippen molar-refractivity contribution in [3.63, 3.8) is 0 Å². The standard InChI is InChI=1S/C25H30N4O3S/c1-17-9-7-8-12-20(17)26-23(30)16-33-25-28-27-24(29(25)19-10-5-4-6-11-19)18-13-14-21(31-2)22(15-18)32-3/h4-6,10-11,13-15,17,20H,7-9,12,16H2,1-3H3,(H,26,30)/t17-,20-/m1/s1. The SMILES string of the molecule is COc1ccc(-c2nnc(SCC(=O)N[C@@H]3CCCC[C@H]3C)n2-c2ccccc2)cc1OC. The van der Waals surface area contributed by atoms with Crippen LogP contribution in [0.5, 0.6) is 11.5 Å². The molecule has 0 bridgehead atoms. The van der Waals surface area contributed by atoms with Crippen molar-refractivity contribution in [2.45, 2.75) is 43.8 Å². The molecule has 0 aliphatic heterocycles. The lowest BCUT2D eigenvalue weighted by Gasteiger charge is -2.29. The zero-order chi connectivity index (χ0) is 23.2. The van der Waals surface area contributed by atoms with E-state index in [1.54, 1.807) is 14.2 Å². The van der Waals surface area contributed by atoms with Gasteiger partial charge in [0.05, 0.1) is 20.0 Å². The quantitative estimate of drug-likeness (QED) is 0.483. The Labute approximate surface area is 198 Å². The zero-order valence-corrected chi connectivity index (χ0v) is 20.1. The van der Waals surface area contributed by atoms with Gasteiger partial charge in [0.25, 0.3) is 0 Å². The van der Waals surface area contributed by atoms with E-state index >= 15 is 0 Å². The Bertz CT molecular complexity index is 1090. The molecule has 0 saturated heterocycles. The molecule has 1 amide bonds. The number of thioether (sulfide) groups is 1. The minimum absolute atomic E-state index is 0.0361. The van der Waals surface area contributed by atoms with Crippen LogP contribution in [0, 0.1) is 5.92 Å². The molecule has 1 aromatic heterocycles. The summed E-state index contributed by atoms with van der Waals surface area (Å²) in [4.78, 5) is 12.7. The van der Waals surface area contributed by atoms with Gasteiger partial charge in [-0.3, -0.25) is 9.36 Å². The van der Waals surface area contributed by atoms with Crippen LogP contribution in [-0.2, 0) is 4.79 Å². The number of para-hydroxylation sites is 1. The number of carbonyl (C=O) groups excluding carboxylic acids is 1. The Kier molecular flexibility index (Phi) is 7.54. The number of hydrogen-bond donors (Lipinski definition) is 1. The van der Waals surface area contributed by atoms with Crippen LogP contribution in [0.1, 0.15) is 32.6 Å². The first-order valence-corrected chi connectivity index (χ1v) is 12.2. The van der Waals surface area contributed by atoms with Crippen LogP contribution >= 0.6 is 11.8 Å². The molecule has 1 aliphatic carbocycles. The maximum atomic E-state index is 12.7. The smallest absolute Gasteiger partial charge is 0.230 e. The molecule has 2 aromatic carbocycles. The van der Waals surface area contributed by atoms with Crippen molar-refractivity contribution in [3.8, 4) is 28.6 Å². The van der Waals surface area contributed by atoms with Crippen LogP contribution in [0.3, 0.4) is 0 Å². The van der Waals surface area contributed by atoms with E-state index in [9.17, 15) is 4.79 Å². The van der Waals surface area contributed by atoms with Crippen molar-refractivity contribution < 1.29 is 14.3 Å². The number of benzene rings is 2. The Morgan fingerprint density at radius 3 is 2.55 bits per heavy atom. The fourth-order valence-corrected chi connectivity index (χ4v) is 5.01. The van der Waals surface area contributed by atoms with Crippen LogP contribution in [0.15, 0.2) is 53.7 Å². The Balaban J connectivity index is 1.59. The molecule has 0 radical (unpaired) electrons. The van der Waals surface area contributed by atoms with E-state index < -0.39 is 0 Å². The van der Waals surface area contributed by atoms with Gasteiger partial charge in [-0.1, -0.05) is 49.7 Å². The molecular formula is C25H30N4O3S. The van der Waals surface area contributed by atoms with Gasteiger partial charge in [-0.15, -0.1) is 10.2 Å². The third-order valence-corrected chi connectivity index (χ3v) is 7.01. The normalized spacial score (nSPS) is 18.0. The highest BCUT2D eigenvalue weighted by molar-refractivity contribution is 7.99. The highest BCUT2D eigenvalue weighted by atomic mass is 32.2. The first-order valence-electron chi connectivity index (χ1n) is 11.3. The summed E-state index contributed by atoms with van der Waals surface area (Å²) in [5.74, 6) is 2.79. The van der Waals surface area contributed by atoms with Gasteiger partial charge in [-0.2, -0.15) is 0 Å². The highest BCUT2D eigenvalue weighted by Crippen LogP contribution is 2.34. The second kappa shape index (κ2) is 10.7. The van der Waals surface area contributed by atoms with E-state index in [4.69, 9.17) is 9.47 Å². The first-order chi connectivity index (χ1) is 16.1. The molecule has 2 atom stereocenters. The first kappa shape index (κ1) is 23.2. The summed E-state index contributed by atoms with van der Waals surface area (Å²) < 4.78 is 12.8. The molecule has 1 aliphatic rings. The monoisotopic (exact) mass is 466 g/mol. The van der Waals surface area contributed by atoms with Gasteiger partial charge in [-0.25, -0.2) is 0 Å². The third-order valence-electron chi connectivity index (χ3n) is 6.08. The largest absolute Gasteiger partial charge is 0.493 e. The number of hydrogen-bond acceptors (Lipinski definition) is 6. The molecule has 4 rings (SSSR count). The van der Waals surface area contributed by atoms with Crippen LogP contribution in [0.2, 0.25) is 0 Å². The van der Waals surface area contributed by atoms with Gasteiger partial charge in [0.2, 0.25) is 5.91 Å². The van der Waals surface area contributed by atoms with Gasteiger partial charge >= 0.3 is 0 Å². The maximum absolute atomic E-state index is 12.7. The average Bonchev–Trinajstić information content (AvgIpc) is 3.28. The predicted octanol–water partition coefficient (Wildman–Crippen LogP) is 4.74. The molecule has 1 heterocycles. The van der Waals surface area contributed by atoms with Crippen LogP contribution in [0.25, 0.3) is 17.1 Å². The van der Waals surface area contributed by atoms with E-state index in [-0.39, 0.29) is 11.9 Å². The Hall–Kier alpha value is -3.00. The number of rotatable bonds is 8. The van der Waals surface area contributed by atoms with Crippen LogP contribution in [0.4, 0.5) is 0 Å². The molecular weight excluding hydrogens is 436 g/mol. The average molecular weight is 467 g/mol. The number of amides is 1. The molecule has 0 spiro atoms. The molecule has 0 unspecified atom stereocenters. The van der Waals surface area contributed by atoms with Crippen molar-refractivity contribution in [3.05, 3.63) is 48.5 Å². The van der Waals surface area contributed by atoms with Crippen molar-refractivity contribution >= 4 is 17.7 Å². The summed E-state index contributed by atoms with van der Waals surface area (Å²) in [7, 11) is 3.22. The van der Waals surface area contributed by atoms with Gasteiger partial charge in [0.1, 0.15) is 0 Å². The number of aromatic nitrogens is 3. The van der Waals surface area contributed by atoms with Gasteiger partial charge in [0.15, 0.2) is 22.5 Å². The van der Waals surface area contributed by atoms with Crippen LogP contribution < -0.4 is 14.8 Å².